The van der Waals surface area contributed by atoms with Crippen LogP contribution in [0.5, 0.6) is 0 Å². The topological polar surface area (TPSA) is 96.0 Å². The summed E-state index contributed by atoms with van der Waals surface area (Å²) in [5, 5.41) is 0. The summed E-state index contributed by atoms with van der Waals surface area (Å²) in [6.07, 6.45) is -0.942. The van der Waals surface area contributed by atoms with E-state index in [1.54, 1.807) is 23.6 Å². The molecule has 1 fully saturated rings. The van der Waals surface area contributed by atoms with Crippen molar-refractivity contribution in [2.45, 2.75) is 26.9 Å². The molecule has 1 heterocycles. The van der Waals surface area contributed by atoms with E-state index < -0.39 is 0 Å². The van der Waals surface area contributed by atoms with Crippen LogP contribution in [0.15, 0.2) is 0 Å². The van der Waals surface area contributed by atoms with E-state index in [4.69, 9.17) is 28.4 Å². The van der Waals surface area contributed by atoms with E-state index in [1.165, 1.54) is 0 Å². The lowest BCUT2D eigenvalue weighted by atomic mass is 10.3. The summed E-state index contributed by atoms with van der Waals surface area (Å²) in [4.78, 5) is 27.2. The molecule has 1 rings (SSSR count). The summed E-state index contributed by atoms with van der Waals surface area (Å²) in [7, 11) is 0. The van der Waals surface area contributed by atoms with Crippen LogP contribution in [0.1, 0.15) is 20.8 Å². The maximum absolute atomic E-state index is 12.1. The second-order valence-electron chi connectivity index (χ2n) is 6.35. The van der Waals surface area contributed by atoms with Gasteiger partial charge in [-0.1, -0.05) is 0 Å². The lowest BCUT2D eigenvalue weighted by Crippen LogP contribution is -2.40. The van der Waals surface area contributed by atoms with Crippen molar-refractivity contribution in [3.05, 3.63) is 0 Å². The smallest absolute Gasteiger partial charge is 0.409 e. The molecule has 170 valence electrons. The minimum atomic E-state index is -0.382. The zero-order valence-electron chi connectivity index (χ0n) is 17.9. The standard InChI is InChI=1S/C19H36N2O8/c1-4-27-18(22)20-6-9-24-12-13-25-11-8-21(19(23)28-5-2)16-17(3)29-15-14-26-10-7-20/h17H,4-16H2,1-3H3. The first kappa shape index (κ1) is 25.4. The van der Waals surface area contributed by atoms with Gasteiger partial charge in [-0.3, -0.25) is 0 Å². The number of carbonyl (C=O) groups excluding carboxylic acids is 2. The van der Waals surface area contributed by atoms with Crippen molar-refractivity contribution in [2.75, 3.05) is 85.6 Å². The van der Waals surface area contributed by atoms with Crippen molar-refractivity contribution in [3.8, 4) is 0 Å². The third-order valence-corrected chi connectivity index (χ3v) is 4.05. The molecular formula is C19H36N2O8. The Morgan fingerprint density at radius 3 is 1.72 bits per heavy atom. The minimum Gasteiger partial charge on any atom is -0.450 e. The fourth-order valence-electron chi connectivity index (χ4n) is 2.60. The molecule has 1 aliphatic heterocycles. The van der Waals surface area contributed by atoms with E-state index in [1.807, 2.05) is 6.92 Å². The van der Waals surface area contributed by atoms with Crippen LogP contribution in [-0.4, -0.2) is 114 Å². The van der Waals surface area contributed by atoms with Crippen LogP contribution in [0.4, 0.5) is 9.59 Å². The Kier molecular flexibility index (Phi) is 14.2. The Morgan fingerprint density at radius 1 is 0.759 bits per heavy atom. The van der Waals surface area contributed by atoms with Gasteiger partial charge in [-0.25, -0.2) is 9.59 Å². The predicted molar refractivity (Wildman–Crippen MR) is 105 cm³/mol. The van der Waals surface area contributed by atoms with Gasteiger partial charge in [0.1, 0.15) is 0 Å². The van der Waals surface area contributed by atoms with Crippen molar-refractivity contribution in [2.24, 2.45) is 0 Å². The highest BCUT2D eigenvalue weighted by atomic mass is 16.6. The van der Waals surface area contributed by atoms with Crippen LogP contribution >= 0.6 is 0 Å². The first-order valence-electron chi connectivity index (χ1n) is 10.3. The van der Waals surface area contributed by atoms with E-state index in [0.717, 1.165) is 0 Å². The van der Waals surface area contributed by atoms with E-state index in [9.17, 15) is 9.59 Å². The van der Waals surface area contributed by atoms with E-state index >= 15 is 0 Å². The molecular weight excluding hydrogens is 384 g/mol. The number of hydrogen-bond donors (Lipinski definition) is 0. The van der Waals surface area contributed by atoms with Gasteiger partial charge in [0, 0.05) is 19.6 Å². The van der Waals surface area contributed by atoms with E-state index in [2.05, 4.69) is 0 Å². The summed E-state index contributed by atoms with van der Waals surface area (Å²) >= 11 is 0. The molecule has 10 nitrogen and oxygen atoms in total. The summed E-state index contributed by atoms with van der Waals surface area (Å²) in [5.41, 5.74) is 0. The van der Waals surface area contributed by atoms with E-state index in [-0.39, 0.29) is 18.3 Å². The molecule has 0 aromatic carbocycles. The Hall–Kier alpha value is -1.62. The van der Waals surface area contributed by atoms with Gasteiger partial charge in [-0.2, -0.15) is 0 Å². The molecule has 1 saturated heterocycles. The maximum atomic E-state index is 12.1. The molecule has 1 unspecified atom stereocenters. The molecule has 0 bridgehead atoms. The van der Waals surface area contributed by atoms with Gasteiger partial charge in [-0.15, -0.1) is 0 Å². The third kappa shape index (κ3) is 11.8. The van der Waals surface area contributed by atoms with Crippen molar-refractivity contribution >= 4 is 12.2 Å². The van der Waals surface area contributed by atoms with Crippen molar-refractivity contribution in [3.63, 3.8) is 0 Å². The molecule has 2 amide bonds. The first-order chi connectivity index (χ1) is 14.1. The lowest BCUT2D eigenvalue weighted by molar-refractivity contribution is -0.0160. The van der Waals surface area contributed by atoms with Crippen LogP contribution in [0.3, 0.4) is 0 Å². The number of hydrogen-bond acceptors (Lipinski definition) is 8. The number of ether oxygens (including phenoxy) is 6. The molecule has 0 N–H and O–H groups in total. The summed E-state index contributed by atoms with van der Waals surface area (Å²) in [5.74, 6) is 0. The summed E-state index contributed by atoms with van der Waals surface area (Å²) in [6, 6.07) is 0. The number of amides is 2. The highest BCUT2D eigenvalue weighted by Gasteiger charge is 2.18. The molecule has 0 aromatic rings. The second kappa shape index (κ2) is 16.2. The summed E-state index contributed by atoms with van der Waals surface area (Å²) < 4.78 is 32.5. The molecule has 1 aliphatic rings. The largest absolute Gasteiger partial charge is 0.450 e. The quantitative estimate of drug-likeness (QED) is 0.661. The van der Waals surface area contributed by atoms with Gasteiger partial charge >= 0.3 is 12.2 Å². The second-order valence-corrected chi connectivity index (χ2v) is 6.35. The average molecular weight is 421 g/mol. The molecule has 1 atom stereocenters. The van der Waals surface area contributed by atoms with Crippen molar-refractivity contribution < 1.29 is 38.0 Å². The van der Waals surface area contributed by atoms with Gasteiger partial charge in [0.2, 0.25) is 0 Å². The minimum absolute atomic E-state index is 0.179. The normalized spacial score (nSPS) is 21.7. The fourth-order valence-corrected chi connectivity index (χ4v) is 2.60. The van der Waals surface area contributed by atoms with Crippen LogP contribution in [-0.2, 0) is 28.4 Å². The Morgan fingerprint density at radius 2 is 1.21 bits per heavy atom. The molecule has 29 heavy (non-hydrogen) atoms. The Balaban J connectivity index is 2.54. The zero-order valence-corrected chi connectivity index (χ0v) is 17.9. The predicted octanol–water partition coefficient (Wildman–Crippen LogP) is 1.37. The average Bonchev–Trinajstić information content (AvgIpc) is 2.69. The number of nitrogens with zero attached hydrogens (tertiary/aromatic N) is 2. The van der Waals surface area contributed by atoms with Gasteiger partial charge < -0.3 is 38.2 Å². The molecule has 0 aromatic heterocycles. The Labute approximate surface area is 173 Å². The van der Waals surface area contributed by atoms with E-state index in [0.29, 0.717) is 85.6 Å². The molecule has 0 spiro atoms. The van der Waals surface area contributed by atoms with Gasteiger partial charge in [0.05, 0.1) is 72.1 Å². The lowest BCUT2D eigenvalue weighted by Gasteiger charge is -2.25. The van der Waals surface area contributed by atoms with Crippen LogP contribution in [0.2, 0.25) is 0 Å². The maximum Gasteiger partial charge on any atom is 0.409 e. The highest BCUT2D eigenvalue weighted by molar-refractivity contribution is 5.67. The number of rotatable bonds is 2. The van der Waals surface area contributed by atoms with Gasteiger partial charge in [0.25, 0.3) is 0 Å². The first-order valence-corrected chi connectivity index (χ1v) is 10.3. The van der Waals surface area contributed by atoms with Crippen LogP contribution in [0.25, 0.3) is 0 Å². The van der Waals surface area contributed by atoms with Crippen molar-refractivity contribution in [1.82, 2.24) is 9.80 Å². The molecule has 0 radical (unpaired) electrons. The molecule has 0 aliphatic carbocycles. The highest BCUT2D eigenvalue weighted by Crippen LogP contribution is 2.02. The van der Waals surface area contributed by atoms with Gasteiger partial charge in [-0.05, 0) is 20.8 Å². The number of carbonyl (C=O) groups is 2. The van der Waals surface area contributed by atoms with Crippen molar-refractivity contribution in [1.29, 1.82) is 0 Å². The fraction of sp³-hybridized carbons (Fsp3) is 0.895. The SMILES string of the molecule is CCOC(=O)N1CCOCCOCCN(C(=O)OCC)CC(C)OCCOCC1. The monoisotopic (exact) mass is 420 g/mol. The van der Waals surface area contributed by atoms with Crippen LogP contribution < -0.4 is 0 Å². The van der Waals surface area contributed by atoms with Crippen LogP contribution in [0, 0.1) is 0 Å². The zero-order chi connectivity index (χ0) is 21.3. The molecule has 10 heteroatoms. The molecule has 0 saturated carbocycles. The third-order valence-electron chi connectivity index (χ3n) is 4.05. The Bertz CT molecular complexity index is 452. The van der Waals surface area contributed by atoms with Gasteiger partial charge in [0.15, 0.2) is 0 Å². The summed E-state index contributed by atoms with van der Waals surface area (Å²) in [6.45, 7) is 10.4.